The second kappa shape index (κ2) is 9.68. The summed E-state index contributed by atoms with van der Waals surface area (Å²) < 4.78 is 4.95. The Balaban J connectivity index is 1.39. The van der Waals surface area contributed by atoms with Gasteiger partial charge in [-0.05, 0) is 17.7 Å². The number of halogens is 1. The van der Waals surface area contributed by atoms with Gasteiger partial charge in [0.1, 0.15) is 0 Å². The van der Waals surface area contributed by atoms with E-state index < -0.39 is 30.3 Å². The molecule has 3 amide bonds. The van der Waals surface area contributed by atoms with E-state index in [0.717, 1.165) is 5.56 Å². The zero-order valence-electron chi connectivity index (χ0n) is 17.6. The van der Waals surface area contributed by atoms with Gasteiger partial charge in [-0.1, -0.05) is 66.2 Å². The van der Waals surface area contributed by atoms with Crippen molar-refractivity contribution < 1.29 is 28.7 Å². The van der Waals surface area contributed by atoms with E-state index in [2.05, 4.69) is 5.32 Å². The number of ketones is 2. The Labute approximate surface area is 198 Å². The van der Waals surface area contributed by atoms with Crippen LogP contribution in [0.3, 0.4) is 0 Å². The maximum Gasteiger partial charge on any atom is 0.340 e. The molecular weight excluding hydrogens is 460 g/mol. The van der Waals surface area contributed by atoms with Crippen LogP contribution in [0.15, 0.2) is 66.7 Å². The van der Waals surface area contributed by atoms with Gasteiger partial charge in [-0.15, -0.1) is 0 Å². The molecule has 170 valence electrons. The van der Waals surface area contributed by atoms with Crippen molar-refractivity contribution >= 4 is 41.1 Å². The number of benzene rings is 3. The molecule has 2 N–H and O–H groups in total. The fraction of sp³-hybridized carbons (Fsp3) is 0.0800. The second-order valence-electron chi connectivity index (χ2n) is 7.35. The summed E-state index contributed by atoms with van der Waals surface area (Å²) in [7, 11) is 0. The Hall–Kier alpha value is -4.30. The van der Waals surface area contributed by atoms with Crippen molar-refractivity contribution in [3.8, 4) is 0 Å². The molecule has 1 aliphatic carbocycles. The summed E-state index contributed by atoms with van der Waals surface area (Å²) in [6.07, 6.45) is 0. The van der Waals surface area contributed by atoms with Gasteiger partial charge < -0.3 is 10.1 Å². The van der Waals surface area contributed by atoms with Crippen molar-refractivity contribution in [3.05, 3.63) is 105 Å². The first kappa shape index (κ1) is 22.9. The molecule has 0 fully saturated rings. The van der Waals surface area contributed by atoms with Crippen molar-refractivity contribution in [2.24, 2.45) is 0 Å². The maximum atomic E-state index is 12.9. The van der Waals surface area contributed by atoms with Gasteiger partial charge in [0.15, 0.2) is 18.2 Å². The molecule has 0 radical (unpaired) electrons. The number of fused-ring (bicyclic) bond motifs is 2. The third-order valence-electron chi connectivity index (χ3n) is 5.13. The molecule has 9 heteroatoms. The summed E-state index contributed by atoms with van der Waals surface area (Å²) in [5, 5.41) is 4.32. The lowest BCUT2D eigenvalue weighted by Gasteiger charge is -2.19. The van der Waals surface area contributed by atoms with Crippen LogP contribution in [-0.2, 0) is 16.1 Å². The van der Waals surface area contributed by atoms with Gasteiger partial charge >= 0.3 is 12.0 Å². The van der Waals surface area contributed by atoms with Crippen molar-refractivity contribution in [2.45, 2.75) is 6.54 Å². The van der Waals surface area contributed by atoms with Crippen LogP contribution >= 0.6 is 11.6 Å². The summed E-state index contributed by atoms with van der Waals surface area (Å²) in [5.41, 5.74) is 1.10. The topological polar surface area (TPSA) is 119 Å². The third kappa shape index (κ3) is 4.57. The fourth-order valence-corrected chi connectivity index (χ4v) is 3.83. The molecule has 0 saturated heterocycles. The van der Waals surface area contributed by atoms with Crippen LogP contribution in [0.25, 0.3) is 0 Å². The summed E-state index contributed by atoms with van der Waals surface area (Å²) in [5.74, 6) is -2.70. The first-order chi connectivity index (χ1) is 16.4. The fourth-order valence-electron chi connectivity index (χ4n) is 3.50. The van der Waals surface area contributed by atoms with Crippen LogP contribution in [0.4, 0.5) is 4.79 Å². The van der Waals surface area contributed by atoms with E-state index >= 15 is 0 Å². The monoisotopic (exact) mass is 476 g/mol. The molecule has 1 aliphatic rings. The number of amides is 3. The molecule has 0 bridgehead atoms. The average Bonchev–Trinajstić information content (AvgIpc) is 2.85. The number of hydrogen-bond acceptors (Lipinski definition) is 6. The zero-order valence-corrected chi connectivity index (χ0v) is 18.3. The summed E-state index contributed by atoms with van der Waals surface area (Å²) in [4.78, 5) is 62.0. The number of nitrogens with one attached hydrogen (secondary N) is 2. The predicted octanol–water partition coefficient (Wildman–Crippen LogP) is 3.30. The molecule has 8 nitrogen and oxygen atoms in total. The number of carbonyl (C=O) groups is 5. The van der Waals surface area contributed by atoms with Crippen molar-refractivity contribution in [1.82, 2.24) is 10.6 Å². The molecule has 4 rings (SSSR count). The van der Waals surface area contributed by atoms with Gasteiger partial charge in [-0.3, -0.25) is 19.7 Å². The van der Waals surface area contributed by atoms with E-state index in [1.165, 1.54) is 18.2 Å². The average molecular weight is 477 g/mol. The molecule has 34 heavy (non-hydrogen) atoms. The lowest BCUT2D eigenvalue weighted by Crippen LogP contribution is -2.41. The molecule has 0 heterocycles. The van der Waals surface area contributed by atoms with E-state index in [1.54, 1.807) is 18.2 Å². The molecule has 0 atom stereocenters. The molecule has 3 aromatic carbocycles. The molecule has 0 aromatic heterocycles. The summed E-state index contributed by atoms with van der Waals surface area (Å²) in [6, 6.07) is 17.2. The number of hydrogen-bond donors (Lipinski definition) is 2. The highest BCUT2D eigenvalue weighted by molar-refractivity contribution is 6.41. The van der Waals surface area contributed by atoms with E-state index in [-0.39, 0.29) is 45.2 Å². The first-order valence-electron chi connectivity index (χ1n) is 10.2. The van der Waals surface area contributed by atoms with Crippen LogP contribution < -0.4 is 10.6 Å². The minimum Gasteiger partial charge on any atom is -0.452 e. The first-order valence-corrected chi connectivity index (χ1v) is 10.5. The quantitative estimate of drug-likeness (QED) is 0.427. The summed E-state index contributed by atoms with van der Waals surface area (Å²) >= 11 is 6.31. The molecule has 0 aliphatic heterocycles. The van der Waals surface area contributed by atoms with Crippen LogP contribution in [-0.4, -0.2) is 36.1 Å². The van der Waals surface area contributed by atoms with Crippen LogP contribution in [0.1, 0.15) is 47.8 Å². The van der Waals surface area contributed by atoms with E-state index in [9.17, 15) is 24.0 Å². The highest BCUT2D eigenvalue weighted by Gasteiger charge is 2.33. The molecule has 0 unspecified atom stereocenters. The van der Waals surface area contributed by atoms with E-state index in [1.807, 2.05) is 35.6 Å². The number of urea groups is 1. The Kier molecular flexibility index (Phi) is 6.51. The highest BCUT2D eigenvalue weighted by Crippen LogP contribution is 2.34. The standard InChI is InChI=1S/C25H17ClN2O6/c26-21-18(11-10-17-20(21)23(31)16-9-5-4-8-15(16)22(17)30)24(32)34-13-19(29)28-25(33)27-12-14-6-2-1-3-7-14/h1-11H,12-13H2,(H2,27,28,29,33). The van der Waals surface area contributed by atoms with Crippen molar-refractivity contribution in [1.29, 1.82) is 0 Å². The Morgan fingerprint density at radius 1 is 0.794 bits per heavy atom. The van der Waals surface area contributed by atoms with E-state index in [0.29, 0.717) is 0 Å². The number of rotatable bonds is 5. The molecule has 3 aromatic rings. The lowest BCUT2D eigenvalue weighted by atomic mass is 9.83. The minimum atomic E-state index is -0.980. The van der Waals surface area contributed by atoms with Gasteiger partial charge in [-0.25, -0.2) is 9.59 Å². The molecule has 0 saturated carbocycles. The number of ether oxygens (including phenoxy) is 1. The zero-order chi connectivity index (χ0) is 24.2. The predicted molar refractivity (Wildman–Crippen MR) is 122 cm³/mol. The van der Waals surface area contributed by atoms with E-state index in [4.69, 9.17) is 16.3 Å². The molecular formula is C25H17ClN2O6. The molecule has 0 spiro atoms. The smallest absolute Gasteiger partial charge is 0.340 e. The van der Waals surface area contributed by atoms with Gasteiger partial charge in [-0.2, -0.15) is 0 Å². The number of carbonyl (C=O) groups excluding carboxylic acids is 5. The number of esters is 1. The summed E-state index contributed by atoms with van der Waals surface area (Å²) in [6.45, 7) is -0.541. The van der Waals surface area contributed by atoms with Crippen molar-refractivity contribution in [2.75, 3.05) is 6.61 Å². The van der Waals surface area contributed by atoms with Gasteiger partial charge in [0.2, 0.25) is 0 Å². The van der Waals surface area contributed by atoms with Crippen LogP contribution in [0.2, 0.25) is 5.02 Å². The Morgan fingerprint density at radius 2 is 1.44 bits per heavy atom. The third-order valence-corrected chi connectivity index (χ3v) is 5.53. The normalized spacial score (nSPS) is 11.8. The minimum absolute atomic E-state index is 0.0816. The maximum absolute atomic E-state index is 12.9. The van der Waals surface area contributed by atoms with Gasteiger partial charge in [0.05, 0.1) is 16.1 Å². The van der Waals surface area contributed by atoms with Crippen LogP contribution in [0, 0.1) is 0 Å². The lowest BCUT2D eigenvalue weighted by molar-refractivity contribution is -0.123. The largest absolute Gasteiger partial charge is 0.452 e. The Bertz CT molecular complexity index is 1340. The van der Waals surface area contributed by atoms with Crippen molar-refractivity contribution in [3.63, 3.8) is 0 Å². The highest BCUT2D eigenvalue weighted by atomic mass is 35.5. The Morgan fingerprint density at radius 3 is 2.15 bits per heavy atom. The SMILES string of the molecule is O=C(COC(=O)c1ccc2c(c1Cl)C(=O)c1ccccc1C2=O)NC(=O)NCc1ccccc1. The van der Waals surface area contributed by atoms with Gasteiger partial charge in [0, 0.05) is 23.2 Å². The number of imide groups is 1. The second-order valence-corrected chi connectivity index (χ2v) is 7.72. The van der Waals surface area contributed by atoms with Crippen LogP contribution in [0.5, 0.6) is 0 Å². The van der Waals surface area contributed by atoms with Gasteiger partial charge in [0.25, 0.3) is 5.91 Å².